The van der Waals surface area contributed by atoms with E-state index in [1.165, 1.54) is 4.90 Å². The quantitative estimate of drug-likeness (QED) is 0.817. The van der Waals surface area contributed by atoms with E-state index in [4.69, 9.17) is 0 Å². The second-order valence-electron chi connectivity index (χ2n) is 4.83. The van der Waals surface area contributed by atoms with Crippen molar-refractivity contribution in [2.75, 3.05) is 6.54 Å². The van der Waals surface area contributed by atoms with Gasteiger partial charge in [-0.15, -0.1) is 0 Å². The molecule has 1 amide bonds. The Morgan fingerprint density at radius 1 is 1.20 bits per heavy atom. The number of hydrogen-bond donors (Lipinski definition) is 1. The molecule has 1 saturated heterocycles. The van der Waals surface area contributed by atoms with E-state index in [2.05, 4.69) is 31.9 Å². The highest BCUT2D eigenvalue weighted by Gasteiger charge is 2.31. The molecule has 1 aromatic rings. The Morgan fingerprint density at radius 2 is 1.95 bits per heavy atom. The molecule has 2 rings (SSSR count). The first-order chi connectivity index (χ1) is 9.50. The lowest BCUT2D eigenvalue weighted by Crippen LogP contribution is -2.44. The summed E-state index contributed by atoms with van der Waals surface area (Å²) in [6, 6.07) is 4.56. The number of likely N-dealkylation sites (tertiary alicyclic amines) is 1. The molecule has 0 aromatic heterocycles. The van der Waals surface area contributed by atoms with Crippen LogP contribution in [0, 0.1) is 0 Å². The molecule has 4 nitrogen and oxygen atoms in total. The van der Waals surface area contributed by atoms with E-state index >= 15 is 0 Å². The van der Waals surface area contributed by atoms with Crippen molar-refractivity contribution in [3.05, 3.63) is 32.7 Å². The molecule has 20 heavy (non-hydrogen) atoms. The van der Waals surface area contributed by atoms with Crippen molar-refractivity contribution in [3.63, 3.8) is 0 Å². The van der Waals surface area contributed by atoms with Crippen LogP contribution in [0.3, 0.4) is 0 Å². The lowest BCUT2D eigenvalue weighted by Gasteiger charge is -2.27. The van der Waals surface area contributed by atoms with Crippen molar-refractivity contribution in [1.29, 1.82) is 0 Å². The molecule has 1 atom stereocenters. The smallest absolute Gasteiger partial charge is 0.326 e. The average molecular weight is 405 g/mol. The third kappa shape index (κ3) is 3.41. The fourth-order valence-electron chi connectivity index (χ4n) is 2.43. The van der Waals surface area contributed by atoms with E-state index in [0.717, 1.165) is 23.7 Å². The normalized spacial score (nSPS) is 19.5. The summed E-state index contributed by atoms with van der Waals surface area (Å²) < 4.78 is 1.54. The molecule has 0 spiro atoms. The zero-order chi connectivity index (χ0) is 14.7. The monoisotopic (exact) mass is 403 g/mol. The summed E-state index contributed by atoms with van der Waals surface area (Å²) in [6.45, 7) is 0.498. The van der Waals surface area contributed by atoms with E-state index in [0.29, 0.717) is 23.0 Å². The predicted octanol–water partition coefficient (Wildman–Crippen LogP) is 3.68. The molecule has 1 N–H and O–H groups in total. The van der Waals surface area contributed by atoms with Crippen LogP contribution in [0.15, 0.2) is 27.1 Å². The second kappa shape index (κ2) is 6.72. The van der Waals surface area contributed by atoms with Crippen molar-refractivity contribution >= 4 is 43.7 Å². The first kappa shape index (κ1) is 15.5. The summed E-state index contributed by atoms with van der Waals surface area (Å²) in [4.78, 5) is 25.5. The number of carbonyl (C=O) groups excluding carboxylic acids is 1. The lowest BCUT2D eigenvalue weighted by molar-refractivity contribution is -0.142. The maximum atomic E-state index is 12.6. The Bertz CT molecular complexity index is 533. The van der Waals surface area contributed by atoms with Gasteiger partial charge in [-0.3, -0.25) is 4.79 Å². The van der Waals surface area contributed by atoms with E-state index in [9.17, 15) is 14.7 Å². The second-order valence-corrected chi connectivity index (χ2v) is 6.60. The van der Waals surface area contributed by atoms with Crippen molar-refractivity contribution in [2.45, 2.75) is 31.7 Å². The molecule has 1 aromatic carbocycles. The molecule has 1 aliphatic rings. The van der Waals surface area contributed by atoms with E-state index in [1.54, 1.807) is 18.2 Å². The minimum atomic E-state index is -0.923. The van der Waals surface area contributed by atoms with Gasteiger partial charge < -0.3 is 10.0 Å². The number of benzene rings is 1. The van der Waals surface area contributed by atoms with Crippen LogP contribution >= 0.6 is 31.9 Å². The van der Waals surface area contributed by atoms with Crippen LogP contribution in [0.2, 0.25) is 0 Å². The molecule has 0 radical (unpaired) electrons. The third-order valence-corrected chi connectivity index (χ3v) is 4.61. The number of amides is 1. The summed E-state index contributed by atoms with van der Waals surface area (Å²) in [5.41, 5.74) is 0.501. The molecule has 1 heterocycles. The largest absolute Gasteiger partial charge is 0.480 e. The van der Waals surface area contributed by atoms with Crippen LogP contribution in [0.1, 0.15) is 36.0 Å². The highest BCUT2D eigenvalue weighted by Crippen LogP contribution is 2.26. The molecule has 108 valence electrons. The van der Waals surface area contributed by atoms with Gasteiger partial charge in [-0.05, 0) is 47.0 Å². The number of nitrogens with zero attached hydrogens (tertiary/aromatic N) is 1. The molecule has 0 bridgehead atoms. The van der Waals surface area contributed by atoms with Gasteiger partial charge in [-0.2, -0.15) is 0 Å². The lowest BCUT2D eigenvalue weighted by atomic mass is 10.1. The Morgan fingerprint density at radius 3 is 2.60 bits per heavy atom. The van der Waals surface area contributed by atoms with Crippen LogP contribution in [0.25, 0.3) is 0 Å². The fourth-order valence-corrected chi connectivity index (χ4v) is 3.64. The maximum absolute atomic E-state index is 12.6. The standard InChI is InChI=1S/C14H15Br2NO3/c15-9-5-6-10(11(16)8-9)13(18)17-7-3-1-2-4-12(17)14(19)20/h5-6,8,12H,1-4,7H2,(H,19,20). The van der Waals surface area contributed by atoms with Crippen molar-refractivity contribution < 1.29 is 14.7 Å². The zero-order valence-corrected chi connectivity index (χ0v) is 14.0. The fraction of sp³-hybridized carbons (Fsp3) is 0.429. The van der Waals surface area contributed by atoms with Gasteiger partial charge in [-0.25, -0.2) is 4.79 Å². The number of carboxylic acids is 1. The van der Waals surface area contributed by atoms with E-state index < -0.39 is 12.0 Å². The molecule has 1 aliphatic heterocycles. The summed E-state index contributed by atoms with van der Waals surface area (Å²) in [6.07, 6.45) is 3.19. The van der Waals surface area contributed by atoms with E-state index in [1.807, 2.05) is 0 Å². The first-order valence-corrected chi connectivity index (χ1v) is 8.08. The predicted molar refractivity (Wildman–Crippen MR) is 82.8 cm³/mol. The van der Waals surface area contributed by atoms with Crippen LogP contribution in [0.5, 0.6) is 0 Å². The molecular weight excluding hydrogens is 390 g/mol. The molecule has 0 saturated carbocycles. The first-order valence-electron chi connectivity index (χ1n) is 6.49. The number of hydrogen-bond acceptors (Lipinski definition) is 2. The Labute approximate surface area is 134 Å². The van der Waals surface area contributed by atoms with Crippen LogP contribution in [0.4, 0.5) is 0 Å². The zero-order valence-electron chi connectivity index (χ0n) is 10.8. The minimum absolute atomic E-state index is 0.223. The van der Waals surface area contributed by atoms with Gasteiger partial charge in [0.25, 0.3) is 5.91 Å². The van der Waals surface area contributed by atoms with Gasteiger partial charge >= 0.3 is 5.97 Å². The van der Waals surface area contributed by atoms with E-state index in [-0.39, 0.29) is 5.91 Å². The van der Waals surface area contributed by atoms with Gasteiger partial charge in [0.05, 0.1) is 5.56 Å². The SMILES string of the molecule is O=C(O)C1CCCCCN1C(=O)c1ccc(Br)cc1Br. The van der Waals surface area contributed by atoms with Crippen LogP contribution < -0.4 is 0 Å². The Hall–Kier alpha value is -0.880. The summed E-state index contributed by atoms with van der Waals surface area (Å²) in [7, 11) is 0. The number of rotatable bonds is 2. The Balaban J connectivity index is 2.31. The van der Waals surface area contributed by atoms with Crippen LogP contribution in [-0.4, -0.2) is 34.5 Å². The molecule has 1 unspecified atom stereocenters. The minimum Gasteiger partial charge on any atom is -0.480 e. The van der Waals surface area contributed by atoms with Crippen molar-refractivity contribution in [3.8, 4) is 0 Å². The highest BCUT2D eigenvalue weighted by atomic mass is 79.9. The molecule has 6 heteroatoms. The maximum Gasteiger partial charge on any atom is 0.326 e. The van der Waals surface area contributed by atoms with Gasteiger partial charge in [0.15, 0.2) is 0 Å². The number of carbonyl (C=O) groups is 2. The van der Waals surface area contributed by atoms with Crippen molar-refractivity contribution in [1.82, 2.24) is 4.90 Å². The third-order valence-electron chi connectivity index (χ3n) is 3.46. The molecular formula is C14H15Br2NO3. The summed E-state index contributed by atoms with van der Waals surface area (Å²) >= 11 is 6.71. The summed E-state index contributed by atoms with van der Waals surface area (Å²) in [5, 5.41) is 9.33. The number of halogens is 2. The molecule has 0 aliphatic carbocycles. The highest BCUT2D eigenvalue weighted by molar-refractivity contribution is 9.11. The van der Waals surface area contributed by atoms with Gasteiger partial charge in [0.2, 0.25) is 0 Å². The van der Waals surface area contributed by atoms with Gasteiger partial charge in [0, 0.05) is 15.5 Å². The van der Waals surface area contributed by atoms with Gasteiger partial charge in [-0.1, -0.05) is 28.8 Å². The topological polar surface area (TPSA) is 57.6 Å². The summed E-state index contributed by atoms with van der Waals surface area (Å²) in [5.74, 6) is -1.15. The van der Waals surface area contributed by atoms with Gasteiger partial charge in [0.1, 0.15) is 6.04 Å². The van der Waals surface area contributed by atoms with Crippen molar-refractivity contribution in [2.24, 2.45) is 0 Å². The molecule has 1 fully saturated rings. The average Bonchev–Trinajstić information content (AvgIpc) is 2.63. The van der Waals surface area contributed by atoms with Crippen LogP contribution in [-0.2, 0) is 4.79 Å². The Kier molecular flexibility index (Phi) is 5.21. The number of carboxylic acid groups (broad SMARTS) is 1. The number of aliphatic carboxylic acids is 1.